The molecule has 0 atom stereocenters. The van der Waals surface area contributed by atoms with Crippen LogP contribution in [0.3, 0.4) is 0 Å². The van der Waals surface area contributed by atoms with E-state index in [4.69, 9.17) is 5.11 Å². The molecule has 0 aromatic heterocycles. The number of benzene rings is 22. The Bertz CT molecular complexity index is 6790. The molecule has 0 aliphatic carbocycles. The molecule has 0 fully saturated rings. The Morgan fingerprint density at radius 1 is 0.185 bits per heavy atom. The van der Waals surface area contributed by atoms with Crippen molar-refractivity contribution >= 4 is 114 Å². The van der Waals surface area contributed by atoms with Gasteiger partial charge in [-0.1, -0.05) is 406 Å². The molecule has 558 valence electrons. The van der Waals surface area contributed by atoms with E-state index in [0.717, 1.165) is 83.5 Å². The summed E-state index contributed by atoms with van der Waals surface area (Å²) >= 11 is 0. The van der Waals surface area contributed by atoms with E-state index in [2.05, 4.69) is 419 Å². The largest absolute Gasteiger partial charge is 0.872 e. The van der Waals surface area contributed by atoms with E-state index >= 15 is 0 Å². The summed E-state index contributed by atoms with van der Waals surface area (Å²) in [5.74, 6) is -1.62. The molecular formula is C115H74O3S. The van der Waals surface area contributed by atoms with Crippen molar-refractivity contribution in [2.45, 2.75) is 14.7 Å². The van der Waals surface area contributed by atoms with Gasteiger partial charge in [-0.2, -0.15) is 0 Å². The van der Waals surface area contributed by atoms with Crippen LogP contribution in [0.25, 0.3) is 197 Å². The van der Waals surface area contributed by atoms with Gasteiger partial charge in [-0.3, -0.25) is 0 Å². The van der Waals surface area contributed by atoms with Gasteiger partial charge in [-0.25, -0.2) is 4.79 Å². The van der Waals surface area contributed by atoms with Crippen LogP contribution in [-0.4, -0.2) is 11.1 Å². The number of fused-ring (bicyclic) bond motifs is 9. The summed E-state index contributed by atoms with van der Waals surface area (Å²) in [5, 5.41) is 40.3. The van der Waals surface area contributed by atoms with E-state index in [1.807, 2.05) is 0 Å². The molecule has 0 heterocycles. The highest BCUT2D eigenvalue weighted by Crippen LogP contribution is 2.59. The zero-order chi connectivity index (χ0) is 79.4. The second kappa shape index (κ2) is 30.5. The summed E-state index contributed by atoms with van der Waals surface area (Å²) < 4.78 is 0. The minimum atomic E-state index is -1.22. The smallest absolute Gasteiger partial charge is 0.335 e. The van der Waals surface area contributed by atoms with E-state index in [1.54, 1.807) is 0 Å². The predicted octanol–water partition coefficient (Wildman–Crippen LogP) is 30.6. The second-order valence-electron chi connectivity index (χ2n) is 30.5. The van der Waals surface area contributed by atoms with Gasteiger partial charge in [0.15, 0.2) is 14.7 Å². The van der Waals surface area contributed by atoms with Gasteiger partial charge >= 0.3 is 5.97 Å². The van der Waals surface area contributed by atoms with E-state index in [1.165, 1.54) is 153 Å². The van der Waals surface area contributed by atoms with Crippen molar-refractivity contribution in [3.63, 3.8) is 0 Å². The SMILES string of the molecule is O=C(O)c1ccccc1[O-].c1ccc2c(-c3cc(-c4cccc5ccccc45)c([S+](c4c(-c5cccc6ccccc56)cc(-c5cccc6ccccc56)cc4-c4cccc5ccccc45)c4c(-c5cccc6ccccc56)cc(-c5cccc6ccccc56)cc4-c4cccc5ccccc45)c(-c4cccc5ccccc45)c3)cccc2c1. The average molecular weight is 1540 g/mol. The van der Waals surface area contributed by atoms with Crippen molar-refractivity contribution in [2.75, 3.05) is 0 Å². The Morgan fingerprint density at radius 2 is 0.345 bits per heavy atom. The summed E-state index contributed by atoms with van der Waals surface area (Å²) in [6, 6.07) is 165. The predicted molar refractivity (Wildman–Crippen MR) is 501 cm³/mol. The van der Waals surface area contributed by atoms with Crippen molar-refractivity contribution in [1.82, 2.24) is 0 Å². The number of hydrogen-bond acceptors (Lipinski definition) is 2. The van der Waals surface area contributed by atoms with Crippen molar-refractivity contribution in [1.29, 1.82) is 0 Å². The second-order valence-corrected chi connectivity index (χ2v) is 32.4. The van der Waals surface area contributed by atoms with Crippen LogP contribution in [0.1, 0.15) is 10.4 Å². The van der Waals surface area contributed by atoms with Crippen LogP contribution in [0, 0.1) is 0 Å². The van der Waals surface area contributed by atoms with Crippen LogP contribution < -0.4 is 5.11 Å². The minimum Gasteiger partial charge on any atom is -0.872 e. The molecule has 1 N–H and O–H groups in total. The third-order valence-corrected chi connectivity index (χ3v) is 26.3. The van der Waals surface area contributed by atoms with Crippen LogP contribution in [0.15, 0.2) is 458 Å². The van der Waals surface area contributed by atoms with Gasteiger partial charge in [-0.15, -0.1) is 0 Å². The molecule has 0 amide bonds. The van der Waals surface area contributed by atoms with Crippen LogP contribution in [0.2, 0.25) is 0 Å². The van der Waals surface area contributed by atoms with E-state index in [0.29, 0.717) is 0 Å². The number of hydrogen-bond donors (Lipinski definition) is 1. The maximum Gasteiger partial charge on any atom is 0.335 e. The zero-order valence-corrected chi connectivity index (χ0v) is 65.6. The van der Waals surface area contributed by atoms with Crippen molar-refractivity contribution in [3.05, 3.63) is 448 Å². The molecule has 0 aliphatic rings. The van der Waals surface area contributed by atoms with Gasteiger partial charge in [-0.05, 0) is 206 Å². The Labute approximate surface area is 692 Å². The highest BCUT2D eigenvalue weighted by molar-refractivity contribution is 7.97. The van der Waals surface area contributed by atoms with Crippen molar-refractivity contribution in [3.8, 4) is 106 Å². The van der Waals surface area contributed by atoms with Gasteiger partial charge in [0.05, 0.1) is 5.56 Å². The Hall–Kier alpha value is -15.2. The summed E-state index contributed by atoms with van der Waals surface area (Å²) in [7, 11) is -1.22. The highest BCUT2D eigenvalue weighted by Gasteiger charge is 2.46. The van der Waals surface area contributed by atoms with Gasteiger partial charge in [0.2, 0.25) is 0 Å². The molecule has 4 heteroatoms. The Kier molecular flexibility index (Phi) is 18.4. The van der Waals surface area contributed by atoms with Crippen LogP contribution in [0.5, 0.6) is 5.75 Å². The molecule has 22 aromatic carbocycles. The molecule has 0 saturated carbocycles. The topological polar surface area (TPSA) is 60.4 Å². The van der Waals surface area contributed by atoms with E-state index < -0.39 is 22.6 Å². The molecule has 0 radical (unpaired) electrons. The molecular weight excluding hydrogens is 1460 g/mol. The summed E-state index contributed by atoms with van der Waals surface area (Å²) in [6.07, 6.45) is 0. The molecule has 22 rings (SSSR count). The van der Waals surface area contributed by atoms with E-state index in [-0.39, 0.29) is 5.56 Å². The van der Waals surface area contributed by atoms with Gasteiger partial charge in [0.25, 0.3) is 0 Å². The molecule has 0 spiro atoms. The Balaban J connectivity index is 0.000000821. The summed E-state index contributed by atoms with van der Waals surface area (Å²) in [6.45, 7) is 0. The number of rotatable bonds is 13. The first-order valence-electron chi connectivity index (χ1n) is 40.4. The standard InChI is InChI=1S/C108H69S.C7H6O3/c1-10-46-82-70(28-1)37-19-55-91(82)79-64-100(94-58-22-40-73-31-4-13-49-85(73)94)106(101(65-79)95-59-23-41-74-32-5-14-50-86(74)95)109(107-102(96-60-24-42-75-33-6-15-51-87(75)96)66-80(92-56-20-38-71-29-2-11-47-83(71)92)67-103(107)97-61-25-43-76-34-7-16-52-88(76)97)108-104(98-62-26-44-77-35-8-17-53-89(77)98)68-81(93-57-21-39-72-30-3-12-48-84(72)93)69-105(108)99-63-27-45-78-36-9-18-54-90(78)99;8-6-4-2-1-3-5(6)7(9)10/h1-69H;1-4,8H,(H,9,10)/q+1;/p-1. The number of carboxylic acid groups (broad SMARTS) is 1. The van der Waals surface area contributed by atoms with E-state index in [9.17, 15) is 9.90 Å². The first-order valence-corrected chi connectivity index (χ1v) is 41.7. The monoisotopic (exact) mass is 1530 g/mol. The lowest BCUT2D eigenvalue weighted by molar-refractivity contribution is -0.268. The lowest BCUT2D eigenvalue weighted by atomic mass is 9.88. The van der Waals surface area contributed by atoms with Gasteiger partial charge < -0.3 is 10.2 Å². The fourth-order valence-corrected chi connectivity index (χ4v) is 21.3. The fraction of sp³-hybridized carbons (Fsp3) is 0. The van der Waals surface area contributed by atoms with Crippen LogP contribution in [-0.2, 0) is 10.9 Å². The maximum absolute atomic E-state index is 10.7. The third-order valence-electron chi connectivity index (χ3n) is 23.8. The number of carbonyl (C=O) groups is 1. The fourth-order valence-electron chi connectivity index (χ4n) is 18.4. The molecule has 0 aliphatic heterocycles. The first kappa shape index (κ1) is 71.6. The Morgan fingerprint density at radius 3 is 0.529 bits per heavy atom. The highest BCUT2D eigenvalue weighted by atomic mass is 32.2. The first-order chi connectivity index (χ1) is 58.8. The molecule has 0 unspecified atom stereocenters. The molecule has 22 aromatic rings. The maximum atomic E-state index is 10.7. The summed E-state index contributed by atoms with van der Waals surface area (Å²) in [4.78, 5) is 13.9. The molecule has 119 heavy (non-hydrogen) atoms. The average Bonchev–Trinajstić information content (AvgIpc) is 0.704. The van der Waals surface area contributed by atoms with Gasteiger partial charge in [0.1, 0.15) is 10.9 Å². The lowest BCUT2D eigenvalue weighted by Crippen LogP contribution is -2.15. The summed E-state index contributed by atoms with van der Waals surface area (Å²) in [5.41, 5.74) is 20.7. The normalized spacial score (nSPS) is 11.5. The number of carboxylic acids is 1. The van der Waals surface area contributed by atoms with Crippen molar-refractivity contribution < 1.29 is 15.0 Å². The minimum absolute atomic E-state index is 0.178. The number of aromatic carboxylic acids is 1. The quantitative estimate of drug-likeness (QED) is 0.117. The van der Waals surface area contributed by atoms with Crippen molar-refractivity contribution in [2.24, 2.45) is 0 Å². The lowest BCUT2D eigenvalue weighted by Gasteiger charge is -2.27. The van der Waals surface area contributed by atoms with Crippen LogP contribution in [0.4, 0.5) is 0 Å². The zero-order valence-electron chi connectivity index (χ0n) is 64.8. The molecule has 3 nitrogen and oxygen atoms in total. The number of para-hydroxylation sites is 1. The third kappa shape index (κ3) is 12.9. The van der Waals surface area contributed by atoms with Gasteiger partial charge in [0, 0.05) is 33.4 Å². The molecule has 0 saturated heterocycles. The van der Waals surface area contributed by atoms with Crippen LogP contribution >= 0.6 is 0 Å². The molecule has 0 bridgehead atoms.